The lowest BCUT2D eigenvalue weighted by molar-refractivity contribution is 0.189. The van der Waals surface area contributed by atoms with Gasteiger partial charge in [0.25, 0.3) is 0 Å². The molecule has 0 spiro atoms. The topological polar surface area (TPSA) is 33.4 Å². The van der Waals surface area contributed by atoms with Crippen molar-refractivity contribution in [1.29, 1.82) is 0 Å². The van der Waals surface area contributed by atoms with Crippen molar-refractivity contribution in [3.8, 4) is 0 Å². The number of aliphatic hydroxyl groups excluding tert-OH is 1. The molecule has 0 aliphatic heterocycles. The smallest absolute Gasteiger partial charge is 0.137 e. The van der Waals surface area contributed by atoms with Gasteiger partial charge in [-0.15, -0.1) is 0 Å². The van der Waals surface area contributed by atoms with Crippen molar-refractivity contribution in [2.45, 2.75) is 6.10 Å². The molecule has 1 heterocycles. The predicted octanol–water partition coefficient (Wildman–Crippen LogP) is 3.67. The third-order valence-electron chi connectivity index (χ3n) is 2.07. The summed E-state index contributed by atoms with van der Waals surface area (Å²) in [5.74, 6) is 0.480. The van der Waals surface area contributed by atoms with Crippen LogP contribution in [0.4, 0.5) is 0 Å². The Bertz CT molecular complexity index is 452. The zero-order chi connectivity index (χ0) is 10.8. The zero-order valence-electron chi connectivity index (χ0n) is 7.65. The van der Waals surface area contributed by atoms with Crippen LogP contribution in [0.1, 0.15) is 17.4 Å². The molecule has 0 radical (unpaired) electrons. The fourth-order valence-electron chi connectivity index (χ4n) is 1.29. The molecule has 0 aliphatic carbocycles. The summed E-state index contributed by atoms with van der Waals surface area (Å²) in [4.78, 5) is 0. The van der Waals surface area contributed by atoms with Crippen LogP contribution in [-0.4, -0.2) is 5.11 Å². The van der Waals surface area contributed by atoms with Gasteiger partial charge in [-0.2, -0.15) is 0 Å². The Balaban J connectivity index is 2.34. The Hall–Kier alpha value is -0.960. The molecule has 2 nitrogen and oxygen atoms in total. The van der Waals surface area contributed by atoms with Crippen LogP contribution in [0.3, 0.4) is 0 Å². The van der Waals surface area contributed by atoms with E-state index < -0.39 is 6.10 Å². The normalized spacial score (nSPS) is 12.7. The van der Waals surface area contributed by atoms with Gasteiger partial charge in [-0.3, -0.25) is 0 Å². The lowest BCUT2D eigenvalue weighted by Crippen LogP contribution is -1.97. The van der Waals surface area contributed by atoms with Crippen molar-refractivity contribution in [3.63, 3.8) is 0 Å². The second-order valence-corrected chi connectivity index (χ2v) is 3.91. The van der Waals surface area contributed by atoms with Crippen molar-refractivity contribution in [2.75, 3.05) is 0 Å². The SMILES string of the molecule is OC(c1ccc(Cl)c(Cl)c1)c1ccco1. The molecule has 0 amide bonds. The minimum atomic E-state index is -0.810. The first-order chi connectivity index (χ1) is 7.18. The van der Waals surface area contributed by atoms with E-state index >= 15 is 0 Å². The monoisotopic (exact) mass is 242 g/mol. The number of benzene rings is 1. The number of aliphatic hydroxyl groups is 1. The van der Waals surface area contributed by atoms with Crippen LogP contribution in [0.2, 0.25) is 10.0 Å². The van der Waals surface area contributed by atoms with E-state index in [1.165, 1.54) is 6.26 Å². The fraction of sp³-hybridized carbons (Fsp3) is 0.0909. The molecule has 15 heavy (non-hydrogen) atoms. The Morgan fingerprint density at radius 3 is 2.53 bits per heavy atom. The van der Waals surface area contributed by atoms with Gasteiger partial charge in [0.2, 0.25) is 0 Å². The number of hydrogen-bond acceptors (Lipinski definition) is 2. The fourth-order valence-corrected chi connectivity index (χ4v) is 1.60. The first kappa shape index (κ1) is 10.6. The molecule has 0 saturated heterocycles. The van der Waals surface area contributed by atoms with Gasteiger partial charge >= 0.3 is 0 Å². The maximum Gasteiger partial charge on any atom is 0.137 e. The van der Waals surface area contributed by atoms with E-state index in [1.807, 2.05) is 0 Å². The molecule has 1 atom stereocenters. The third kappa shape index (κ3) is 2.17. The molecule has 2 rings (SSSR count). The molecule has 78 valence electrons. The standard InChI is InChI=1S/C11H8Cl2O2/c12-8-4-3-7(6-9(8)13)11(14)10-2-1-5-15-10/h1-6,11,14H. The van der Waals surface area contributed by atoms with Crippen molar-refractivity contribution < 1.29 is 9.52 Å². The number of furan rings is 1. The molecule has 0 aliphatic rings. The van der Waals surface area contributed by atoms with Crippen molar-refractivity contribution in [3.05, 3.63) is 58.0 Å². The van der Waals surface area contributed by atoms with Crippen molar-refractivity contribution in [1.82, 2.24) is 0 Å². The molecule has 1 aromatic carbocycles. The predicted molar refractivity (Wildman–Crippen MR) is 59.2 cm³/mol. The molecule has 1 aromatic heterocycles. The molecule has 0 bridgehead atoms. The van der Waals surface area contributed by atoms with E-state index in [-0.39, 0.29) is 0 Å². The molecule has 1 N–H and O–H groups in total. The van der Waals surface area contributed by atoms with E-state index in [1.54, 1.807) is 30.3 Å². The third-order valence-corrected chi connectivity index (χ3v) is 2.81. The molecule has 1 unspecified atom stereocenters. The highest BCUT2D eigenvalue weighted by atomic mass is 35.5. The first-order valence-corrected chi connectivity index (χ1v) is 5.10. The minimum Gasteiger partial charge on any atom is -0.466 e. The summed E-state index contributed by atoms with van der Waals surface area (Å²) < 4.78 is 5.09. The molecular formula is C11H8Cl2O2. The average molecular weight is 243 g/mol. The summed E-state index contributed by atoms with van der Waals surface area (Å²) >= 11 is 11.6. The summed E-state index contributed by atoms with van der Waals surface area (Å²) in [5, 5.41) is 10.8. The summed E-state index contributed by atoms with van der Waals surface area (Å²) in [6.07, 6.45) is 0.700. The van der Waals surface area contributed by atoms with Crippen LogP contribution in [0.25, 0.3) is 0 Å². The van der Waals surface area contributed by atoms with Gasteiger partial charge in [-0.05, 0) is 29.8 Å². The van der Waals surface area contributed by atoms with Gasteiger partial charge in [-0.1, -0.05) is 29.3 Å². The summed E-state index contributed by atoms with van der Waals surface area (Å²) in [6.45, 7) is 0. The van der Waals surface area contributed by atoms with Crippen LogP contribution in [0, 0.1) is 0 Å². The summed E-state index contributed by atoms with van der Waals surface area (Å²) in [7, 11) is 0. The van der Waals surface area contributed by atoms with E-state index in [0.717, 1.165) is 0 Å². The lowest BCUT2D eigenvalue weighted by atomic mass is 10.1. The highest BCUT2D eigenvalue weighted by Crippen LogP contribution is 2.28. The summed E-state index contributed by atoms with van der Waals surface area (Å²) in [6, 6.07) is 8.40. The zero-order valence-corrected chi connectivity index (χ0v) is 9.16. The van der Waals surface area contributed by atoms with E-state index in [9.17, 15) is 5.11 Å². The Morgan fingerprint density at radius 1 is 1.13 bits per heavy atom. The Morgan fingerprint density at radius 2 is 1.93 bits per heavy atom. The van der Waals surface area contributed by atoms with Crippen LogP contribution in [0.5, 0.6) is 0 Å². The minimum absolute atomic E-state index is 0.416. The Labute approximate surface area is 97.0 Å². The maximum atomic E-state index is 9.90. The van der Waals surface area contributed by atoms with Crippen LogP contribution >= 0.6 is 23.2 Å². The van der Waals surface area contributed by atoms with Gasteiger partial charge in [0.05, 0.1) is 16.3 Å². The molecule has 0 fully saturated rings. The average Bonchev–Trinajstić information content (AvgIpc) is 2.74. The summed E-state index contributed by atoms with van der Waals surface area (Å²) in [5.41, 5.74) is 0.652. The van der Waals surface area contributed by atoms with Crippen LogP contribution < -0.4 is 0 Å². The van der Waals surface area contributed by atoms with Gasteiger partial charge in [0.1, 0.15) is 11.9 Å². The maximum absolute atomic E-state index is 9.90. The van der Waals surface area contributed by atoms with Crippen LogP contribution in [-0.2, 0) is 0 Å². The molecule has 0 saturated carbocycles. The Kier molecular flexibility index (Phi) is 3.00. The quantitative estimate of drug-likeness (QED) is 0.872. The van der Waals surface area contributed by atoms with Crippen molar-refractivity contribution in [2.24, 2.45) is 0 Å². The van der Waals surface area contributed by atoms with E-state index in [2.05, 4.69) is 0 Å². The largest absolute Gasteiger partial charge is 0.466 e. The molecule has 4 heteroatoms. The van der Waals surface area contributed by atoms with E-state index in [0.29, 0.717) is 21.4 Å². The molecule has 2 aromatic rings. The van der Waals surface area contributed by atoms with Gasteiger partial charge < -0.3 is 9.52 Å². The van der Waals surface area contributed by atoms with Crippen molar-refractivity contribution >= 4 is 23.2 Å². The van der Waals surface area contributed by atoms with Gasteiger partial charge in [0.15, 0.2) is 0 Å². The highest BCUT2D eigenvalue weighted by Gasteiger charge is 2.13. The lowest BCUT2D eigenvalue weighted by Gasteiger charge is -2.08. The number of rotatable bonds is 2. The van der Waals surface area contributed by atoms with Gasteiger partial charge in [0, 0.05) is 0 Å². The highest BCUT2D eigenvalue weighted by molar-refractivity contribution is 6.42. The van der Waals surface area contributed by atoms with Crippen LogP contribution in [0.15, 0.2) is 41.0 Å². The second kappa shape index (κ2) is 4.27. The first-order valence-electron chi connectivity index (χ1n) is 4.35. The second-order valence-electron chi connectivity index (χ2n) is 3.09. The van der Waals surface area contributed by atoms with E-state index in [4.69, 9.17) is 27.6 Å². The number of halogens is 2. The molecular weight excluding hydrogens is 235 g/mol. The van der Waals surface area contributed by atoms with Gasteiger partial charge in [-0.25, -0.2) is 0 Å². The number of hydrogen-bond donors (Lipinski definition) is 1.